The second-order valence-electron chi connectivity index (χ2n) is 12.6. The SMILES string of the molecule is [2H]c1cc2sc3cc([2H])c(-c4ccccc4)c(-c4ccc(-c5ccc(N(c6ccccc6)c6cccc7c6oc6ccccc67)cc5)cc4)c3c2cc1[2H]. The van der Waals surface area contributed by atoms with Gasteiger partial charge in [0.25, 0.3) is 0 Å². The first-order valence-corrected chi connectivity index (χ1v) is 17.8. The highest BCUT2D eigenvalue weighted by molar-refractivity contribution is 7.26. The maximum atomic E-state index is 9.19. The molecule has 0 fully saturated rings. The number of para-hydroxylation sites is 3. The monoisotopic (exact) mass is 672 g/mol. The third-order valence-electron chi connectivity index (χ3n) is 9.69. The van der Waals surface area contributed by atoms with Crippen LogP contribution >= 0.6 is 11.3 Å². The van der Waals surface area contributed by atoms with Crippen molar-refractivity contribution in [3.05, 3.63) is 188 Å². The Labute approximate surface area is 304 Å². The predicted octanol–water partition coefficient (Wildman–Crippen LogP) is 14.4. The van der Waals surface area contributed by atoms with Crippen LogP contribution in [0, 0.1) is 0 Å². The Bertz CT molecular complexity index is 3010. The summed E-state index contributed by atoms with van der Waals surface area (Å²) < 4.78 is 34.3. The number of thiophene rings is 1. The molecule has 0 aliphatic carbocycles. The molecule has 0 radical (unpaired) electrons. The van der Waals surface area contributed by atoms with Gasteiger partial charge in [-0.15, -0.1) is 11.3 Å². The topological polar surface area (TPSA) is 16.4 Å². The largest absolute Gasteiger partial charge is 0.454 e. The summed E-state index contributed by atoms with van der Waals surface area (Å²) in [6.07, 6.45) is 0. The van der Waals surface area contributed by atoms with Crippen molar-refractivity contribution in [3.8, 4) is 33.4 Å². The van der Waals surface area contributed by atoms with Gasteiger partial charge in [-0.25, -0.2) is 0 Å². The summed E-state index contributed by atoms with van der Waals surface area (Å²) in [6.45, 7) is 0. The molecule has 0 spiro atoms. The van der Waals surface area contributed by atoms with Crippen LogP contribution in [-0.2, 0) is 0 Å². The van der Waals surface area contributed by atoms with Crippen molar-refractivity contribution in [2.24, 2.45) is 0 Å². The maximum absolute atomic E-state index is 9.19. The van der Waals surface area contributed by atoms with E-state index in [2.05, 4.69) is 114 Å². The van der Waals surface area contributed by atoms with Crippen LogP contribution in [0.3, 0.4) is 0 Å². The average Bonchev–Trinajstić information content (AvgIpc) is 3.77. The maximum Gasteiger partial charge on any atom is 0.159 e. The lowest BCUT2D eigenvalue weighted by molar-refractivity contribution is 0.669. The molecule has 0 aliphatic heterocycles. The van der Waals surface area contributed by atoms with Gasteiger partial charge in [0.05, 0.1) is 9.80 Å². The van der Waals surface area contributed by atoms with Crippen LogP contribution in [0.25, 0.3) is 75.5 Å². The molecule has 0 amide bonds. The minimum Gasteiger partial charge on any atom is -0.454 e. The average molecular weight is 673 g/mol. The van der Waals surface area contributed by atoms with Gasteiger partial charge in [-0.2, -0.15) is 0 Å². The molecule has 8 aromatic carbocycles. The summed E-state index contributed by atoms with van der Waals surface area (Å²) in [5.74, 6) is 0. The van der Waals surface area contributed by atoms with Crippen LogP contribution in [0.1, 0.15) is 4.11 Å². The molecule has 0 bridgehead atoms. The first kappa shape index (κ1) is 26.4. The number of hydrogen-bond donors (Lipinski definition) is 0. The molecule has 0 aliphatic rings. The Balaban J connectivity index is 1.07. The number of benzene rings is 8. The van der Waals surface area contributed by atoms with Gasteiger partial charge in [-0.3, -0.25) is 0 Å². The Morgan fingerprint density at radius 3 is 1.92 bits per heavy atom. The van der Waals surface area contributed by atoms with Crippen molar-refractivity contribution in [1.82, 2.24) is 0 Å². The number of fused-ring (bicyclic) bond motifs is 6. The quantitative estimate of drug-likeness (QED) is 0.175. The van der Waals surface area contributed by atoms with E-state index in [0.29, 0.717) is 6.04 Å². The minimum atomic E-state index is 0.197. The van der Waals surface area contributed by atoms with Gasteiger partial charge in [0.1, 0.15) is 5.58 Å². The number of nitrogens with zero attached hydrogens (tertiary/aromatic N) is 1. The molecule has 51 heavy (non-hydrogen) atoms. The zero-order chi connectivity index (χ0) is 36.3. The Morgan fingerprint density at radius 2 is 1.12 bits per heavy atom. The van der Waals surface area contributed by atoms with E-state index >= 15 is 0 Å². The van der Waals surface area contributed by atoms with E-state index in [1.807, 2.05) is 54.6 Å². The van der Waals surface area contributed by atoms with E-state index in [-0.39, 0.29) is 12.1 Å². The van der Waals surface area contributed by atoms with Crippen LogP contribution in [0.4, 0.5) is 17.1 Å². The van der Waals surface area contributed by atoms with Gasteiger partial charge in [0.15, 0.2) is 5.58 Å². The second-order valence-corrected chi connectivity index (χ2v) is 13.7. The van der Waals surface area contributed by atoms with E-state index in [1.165, 1.54) is 0 Å². The zero-order valence-corrected chi connectivity index (χ0v) is 28.2. The summed E-state index contributed by atoms with van der Waals surface area (Å²) in [5, 5.41) is 4.16. The highest BCUT2D eigenvalue weighted by Gasteiger charge is 2.20. The summed E-state index contributed by atoms with van der Waals surface area (Å²) in [6, 6.07) is 58.6. The second kappa shape index (κ2) is 12.2. The van der Waals surface area contributed by atoms with Crippen molar-refractivity contribution >= 4 is 70.5 Å². The molecule has 2 nitrogen and oxygen atoms in total. The van der Waals surface area contributed by atoms with Crippen LogP contribution in [0.15, 0.2) is 192 Å². The Hall–Kier alpha value is -6.42. The number of furan rings is 1. The summed E-state index contributed by atoms with van der Waals surface area (Å²) in [4.78, 5) is 2.25. The van der Waals surface area contributed by atoms with Gasteiger partial charge in [0, 0.05) is 42.3 Å². The van der Waals surface area contributed by atoms with E-state index in [9.17, 15) is 1.37 Å². The molecule has 0 N–H and O–H groups in total. The molecule has 2 heterocycles. The van der Waals surface area contributed by atoms with Crippen molar-refractivity contribution < 1.29 is 8.53 Å². The fraction of sp³-hybridized carbons (Fsp3) is 0. The van der Waals surface area contributed by atoms with Crippen molar-refractivity contribution in [2.75, 3.05) is 4.90 Å². The molecule has 0 saturated heterocycles. The molecule has 2 aromatic heterocycles. The van der Waals surface area contributed by atoms with Gasteiger partial charge >= 0.3 is 0 Å². The zero-order valence-electron chi connectivity index (χ0n) is 30.4. The molecule has 0 saturated carbocycles. The predicted molar refractivity (Wildman–Crippen MR) is 218 cm³/mol. The van der Waals surface area contributed by atoms with E-state index in [4.69, 9.17) is 7.16 Å². The van der Waals surface area contributed by atoms with Gasteiger partial charge in [-0.05, 0) is 81.9 Å². The highest BCUT2D eigenvalue weighted by atomic mass is 32.1. The van der Waals surface area contributed by atoms with Crippen molar-refractivity contribution in [2.45, 2.75) is 0 Å². The number of hydrogen-bond acceptors (Lipinski definition) is 3. The van der Waals surface area contributed by atoms with Gasteiger partial charge in [-0.1, -0.05) is 139 Å². The molecule has 10 rings (SSSR count). The lowest BCUT2D eigenvalue weighted by Gasteiger charge is -2.25. The lowest BCUT2D eigenvalue weighted by atomic mass is 9.90. The van der Waals surface area contributed by atoms with E-state index < -0.39 is 0 Å². The molecule has 3 heteroatoms. The molecular formula is C48H31NOS. The van der Waals surface area contributed by atoms with Gasteiger partial charge < -0.3 is 9.32 Å². The molecule has 240 valence electrons. The normalized spacial score (nSPS) is 12.4. The fourth-order valence-corrected chi connectivity index (χ4v) is 8.37. The smallest absolute Gasteiger partial charge is 0.159 e. The first-order valence-electron chi connectivity index (χ1n) is 18.5. The summed E-state index contributed by atoms with van der Waals surface area (Å²) in [7, 11) is 0. The number of rotatable bonds is 6. The summed E-state index contributed by atoms with van der Waals surface area (Å²) in [5.41, 5.74) is 10.7. The lowest BCUT2D eigenvalue weighted by Crippen LogP contribution is -2.10. The van der Waals surface area contributed by atoms with E-state index in [1.54, 1.807) is 17.4 Å². The molecule has 10 aromatic rings. The fourth-order valence-electron chi connectivity index (χ4n) is 7.31. The van der Waals surface area contributed by atoms with Crippen LogP contribution in [0.2, 0.25) is 0 Å². The Morgan fingerprint density at radius 1 is 0.471 bits per heavy atom. The number of anilines is 3. The molecule has 0 atom stereocenters. The van der Waals surface area contributed by atoms with Crippen LogP contribution < -0.4 is 4.90 Å². The minimum absolute atomic E-state index is 0.197. The van der Waals surface area contributed by atoms with Crippen LogP contribution in [-0.4, -0.2) is 0 Å². The summed E-state index contributed by atoms with van der Waals surface area (Å²) >= 11 is 1.58. The van der Waals surface area contributed by atoms with Gasteiger partial charge in [0.2, 0.25) is 0 Å². The third-order valence-corrected chi connectivity index (χ3v) is 10.8. The van der Waals surface area contributed by atoms with Crippen LogP contribution in [0.5, 0.6) is 0 Å². The molecular weight excluding hydrogens is 639 g/mol. The first-order chi connectivity index (χ1) is 26.5. The van der Waals surface area contributed by atoms with Crippen molar-refractivity contribution in [1.29, 1.82) is 0 Å². The molecule has 0 unspecified atom stereocenters. The standard InChI is InChI=1S/C48H31NOS/c1-3-12-34(13-4-1)38-30-31-45-47(41-17-8-10-21-44(41)51-45)46(38)35-24-22-32(23-25-35)33-26-28-37(29-27-33)49(36-14-5-2-6-15-36)42-19-11-18-40-39-16-7-9-20-43(39)50-48(40)42/h1-31H/i8D,10D,30D. The van der Waals surface area contributed by atoms with Crippen molar-refractivity contribution in [3.63, 3.8) is 0 Å². The third kappa shape index (κ3) is 5.01. The highest BCUT2D eigenvalue weighted by Crippen LogP contribution is 2.46. The Kier molecular flexibility index (Phi) is 6.31. The van der Waals surface area contributed by atoms with E-state index in [0.717, 1.165) is 92.6 Å².